The first-order chi connectivity index (χ1) is 10.0. The molecule has 2 amide bonds. The van der Waals surface area contributed by atoms with Gasteiger partial charge in [0.15, 0.2) is 0 Å². The van der Waals surface area contributed by atoms with Crippen LogP contribution >= 0.6 is 0 Å². The largest absolute Gasteiger partial charge is 0.399 e. The van der Waals surface area contributed by atoms with Crippen molar-refractivity contribution in [2.75, 3.05) is 37.7 Å². The summed E-state index contributed by atoms with van der Waals surface area (Å²) in [4.78, 5) is 25.1. The number of carbonyl (C=O) groups is 2. The summed E-state index contributed by atoms with van der Waals surface area (Å²) < 4.78 is 0. The predicted octanol–water partition coefficient (Wildman–Crippen LogP) is 1.06. The molecule has 0 bridgehead atoms. The Labute approximate surface area is 125 Å². The molecule has 4 N–H and O–H groups in total. The van der Waals surface area contributed by atoms with Gasteiger partial charge >= 0.3 is 0 Å². The van der Waals surface area contributed by atoms with Crippen molar-refractivity contribution in [3.05, 3.63) is 24.3 Å². The molecule has 0 atom stereocenters. The molecule has 1 aromatic rings. The molecule has 0 radical (unpaired) electrons. The molecule has 116 valence electrons. The maximum Gasteiger partial charge on any atom is 0.234 e. The number of rotatable bonds is 8. The lowest BCUT2D eigenvalue weighted by Gasteiger charge is -2.16. The highest BCUT2D eigenvalue weighted by Crippen LogP contribution is 2.11. The molecule has 0 aromatic heterocycles. The van der Waals surface area contributed by atoms with Crippen molar-refractivity contribution in [3.63, 3.8) is 0 Å². The second-order valence-corrected chi connectivity index (χ2v) is 5.01. The van der Waals surface area contributed by atoms with Crippen LogP contribution in [-0.2, 0) is 9.59 Å². The van der Waals surface area contributed by atoms with Crippen LogP contribution in [0.1, 0.15) is 19.8 Å². The number of carbonyl (C=O) groups excluding carboxylic acids is 2. The first-order valence-electron chi connectivity index (χ1n) is 7.12. The molecule has 0 saturated heterocycles. The van der Waals surface area contributed by atoms with Gasteiger partial charge in [-0.15, -0.1) is 0 Å². The fourth-order valence-corrected chi connectivity index (χ4v) is 1.78. The van der Waals surface area contributed by atoms with Gasteiger partial charge < -0.3 is 16.4 Å². The molecule has 6 nitrogen and oxygen atoms in total. The summed E-state index contributed by atoms with van der Waals surface area (Å²) in [6, 6.07) is 7.05. The molecule has 1 aromatic carbocycles. The molecule has 1 rings (SSSR count). The highest BCUT2D eigenvalue weighted by Gasteiger charge is 2.08. The molecule has 0 aliphatic heterocycles. The third-order valence-electron chi connectivity index (χ3n) is 2.88. The second-order valence-electron chi connectivity index (χ2n) is 5.01. The van der Waals surface area contributed by atoms with Crippen molar-refractivity contribution in [1.82, 2.24) is 10.2 Å². The van der Waals surface area contributed by atoms with Crippen molar-refractivity contribution < 1.29 is 9.59 Å². The molecular formula is C15H24N4O2. The number of nitrogens with two attached hydrogens (primary N) is 1. The molecule has 0 unspecified atom stereocenters. The number of anilines is 2. The van der Waals surface area contributed by atoms with E-state index in [-0.39, 0.29) is 11.8 Å². The molecule has 0 aliphatic rings. The van der Waals surface area contributed by atoms with Crippen molar-refractivity contribution in [2.24, 2.45) is 0 Å². The molecular weight excluding hydrogens is 268 g/mol. The van der Waals surface area contributed by atoms with E-state index >= 15 is 0 Å². The SMILES string of the molecule is CCCNC(=O)CN(C)CCC(=O)Nc1cccc(N)c1. The van der Waals surface area contributed by atoms with Gasteiger partial charge in [-0.2, -0.15) is 0 Å². The van der Waals surface area contributed by atoms with Gasteiger partial charge in [-0.05, 0) is 31.7 Å². The van der Waals surface area contributed by atoms with E-state index in [9.17, 15) is 9.59 Å². The van der Waals surface area contributed by atoms with E-state index in [2.05, 4.69) is 10.6 Å². The first kappa shape index (κ1) is 17.0. The van der Waals surface area contributed by atoms with Crippen molar-refractivity contribution in [2.45, 2.75) is 19.8 Å². The Kier molecular flexibility index (Phi) is 7.25. The topological polar surface area (TPSA) is 87.5 Å². The van der Waals surface area contributed by atoms with Crippen molar-refractivity contribution in [1.29, 1.82) is 0 Å². The van der Waals surface area contributed by atoms with Gasteiger partial charge in [0.2, 0.25) is 11.8 Å². The van der Waals surface area contributed by atoms with Gasteiger partial charge in [0.1, 0.15) is 0 Å². The molecule has 0 fully saturated rings. The summed E-state index contributed by atoms with van der Waals surface area (Å²) >= 11 is 0. The molecule has 21 heavy (non-hydrogen) atoms. The van der Waals surface area contributed by atoms with Crippen LogP contribution in [0.5, 0.6) is 0 Å². The maximum atomic E-state index is 11.8. The third kappa shape index (κ3) is 7.31. The van der Waals surface area contributed by atoms with Gasteiger partial charge in [-0.1, -0.05) is 13.0 Å². The monoisotopic (exact) mass is 292 g/mol. The number of hydrogen-bond acceptors (Lipinski definition) is 4. The number of nitrogen functional groups attached to an aromatic ring is 1. The fourth-order valence-electron chi connectivity index (χ4n) is 1.78. The summed E-state index contributed by atoms with van der Waals surface area (Å²) in [5.74, 6) is -0.114. The Balaban J connectivity index is 2.27. The number of nitrogens with zero attached hydrogens (tertiary/aromatic N) is 1. The summed E-state index contributed by atoms with van der Waals surface area (Å²) in [6.07, 6.45) is 1.24. The maximum absolute atomic E-state index is 11.8. The second kappa shape index (κ2) is 8.97. The minimum Gasteiger partial charge on any atom is -0.399 e. The number of nitrogens with one attached hydrogen (secondary N) is 2. The Bertz CT molecular complexity index is 476. The Hall–Kier alpha value is -2.08. The van der Waals surface area contributed by atoms with Crippen LogP contribution in [0.25, 0.3) is 0 Å². The lowest BCUT2D eigenvalue weighted by Crippen LogP contribution is -2.36. The van der Waals surface area contributed by atoms with Gasteiger partial charge in [-0.25, -0.2) is 0 Å². The normalized spacial score (nSPS) is 10.4. The first-order valence-corrected chi connectivity index (χ1v) is 7.12. The Morgan fingerprint density at radius 1 is 1.29 bits per heavy atom. The third-order valence-corrected chi connectivity index (χ3v) is 2.88. The van der Waals surface area contributed by atoms with E-state index in [4.69, 9.17) is 5.73 Å². The molecule has 0 spiro atoms. The van der Waals surface area contributed by atoms with Crippen LogP contribution in [0.4, 0.5) is 11.4 Å². The van der Waals surface area contributed by atoms with Crippen LogP contribution in [0.15, 0.2) is 24.3 Å². The van der Waals surface area contributed by atoms with E-state index in [0.717, 1.165) is 6.42 Å². The summed E-state index contributed by atoms with van der Waals surface area (Å²) in [6.45, 7) is 3.51. The van der Waals surface area contributed by atoms with Crippen LogP contribution in [0.3, 0.4) is 0 Å². The van der Waals surface area contributed by atoms with Crippen LogP contribution < -0.4 is 16.4 Å². The van der Waals surface area contributed by atoms with E-state index in [1.54, 1.807) is 24.3 Å². The van der Waals surface area contributed by atoms with E-state index in [1.807, 2.05) is 18.9 Å². The quantitative estimate of drug-likeness (QED) is 0.625. The van der Waals surface area contributed by atoms with Crippen LogP contribution in [-0.4, -0.2) is 43.4 Å². The van der Waals surface area contributed by atoms with E-state index < -0.39 is 0 Å². The summed E-state index contributed by atoms with van der Waals surface area (Å²) in [5, 5.41) is 5.58. The fraction of sp³-hybridized carbons (Fsp3) is 0.467. The zero-order valence-electron chi connectivity index (χ0n) is 12.7. The number of benzene rings is 1. The van der Waals surface area contributed by atoms with Gasteiger partial charge in [0, 0.05) is 30.9 Å². The minimum absolute atomic E-state index is 0.0180. The molecule has 6 heteroatoms. The average Bonchev–Trinajstić information content (AvgIpc) is 2.43. The van der Waals surface area contributed by atoms with E-state index in [0.29, 0.717) is 37.4 Å². The Morgan fingerprint density at radius 3 is 2.71 bits per heavy atom. The minimum atomic E-state index is -0.0959. The van der Waals surface area contributed by atoms with Crippen LogP contribution in [0.2, 0.25) is 0 Å². The van der Waals surface area contributed by atoms with Gasteiger partial charge in [0.05, 0.1) is 6.54 Å². The van der Waals surface area contributed by atoms with Crippen molar-refractivity contribution >= 4 is 23.2 Å². The van der Waals surface area contributed by atoms with E-state index in [1.165, 1.54) is 0 Å². The zero-order chi connectivity index (χ0) is 15.7. The zero-order valence-corrected chi connectivity index (χ0v) is 12.7. The Morgan fingerprint density at radius 2 is 2.05 bits per heavy atom. The lowest BCUT2D eigenvalue weighted by atomic mass is 10.2. The van der Waals surface area contributed by atoms with Gasteiger partial charge in [-0.3, -0.25) is 14.5 Å². The average molecular weight is 292 g/mol. The molecule has 0 saturated carbocycles. The smallest absolute Gasteiger partial charge is 0.234 e. The number of likely N-dealkylation sites (N-methyl/N-ethyl adjacent to an activating group) is 1. The lowest BCUT2D eigenvalue weighted by molar-refractivity contribution is -0.122. The predicted molar refractivity (Wildman–Crippen MR) is 84.9 cm³/mol. The summed E-state index contributed by atoms with van der Waals surface area (Å²) in [7, 11) is 1.82. The number of hydrogen-bond donors (Lipinski definition) is 3. The highest BCUT2D eigenvalue weighted by molar-refractivity contribution is 5.91. The molecule has 0 heterocycles. The summed E-state index contributed by atoms with van der Waals surface area (Å²) in [5.41, 5.74) is 6.94. The number of amides is 2. The highest BCUT2D eigenvalue weighted by atomic mass is 16.2. The van der Waals surface area contributed by atoms with Crippen molar-refractivity contribution in [3.8, 4) is 0 Å². The van der Waals surface area contributed by atoms with Gasteiger partial charge in [0.25, 0.3) is 0 Å². The van der Waals surface area contributed by atoms with Crippen LogP contribution in [0, 0.1) is 0 Å². The molecule has 0 aliphatic carbocycles. The standard InChI is InChI=1S/C15H24N4O2/c1-3-8-17-15(21)11-19(2)9-7-14(20)18-13-6-4-5-12(16)10-13/h4-6,10H,3,7-9,11,16H2,1-2H3,(H,17,21)(H,18,20).